The average molecular weight is 426 g/mol. The molecule has 0 aliphatic carbocycles. The van der Waals surface area contributed by atoms with E-state index >= 15 is 0 Å². The number of amides is 1. The molecule has 1 heterocycles. The van der Waals surface area contributed by atoms with Crippen molar-refractivity contribution in [2.45, 2.75) is 13.8 Å². The fourth-order valence-electron chi connectivity index (χ4n) is 2.89. The number of nitrogens with zero attached hydrogens (tertiary/aromatic N) is 2. The molecule has 1 aliphatic heterocycles. The van der Waals surface area contributed by atoms with Gasteiger partial charge in [0.15, 0.2) is 16.7 Å². The molecule has 0 unspecified atom stereocenters. The third kappa shape index (κ3) is 4.65. The van der Waals surface area contributed by atoms with Crippen molar-refractivity contribution in [3.05, 3.63) is 58.5 Å². The van der Waals surface area contributed by atoms with Crippen LogP contribution < -0.4 is 9.47 Å². The minimum atomic E-state index is -1.02. The molecule has 2 aromatic rings. The van der Waals surface area contributed by atoms with Gasteiger partial charge in [-0.05, 0) is 67.6 Å². The van der Waals surface area contributed by atoms with E-state index in [1.807, 2.05) is 32.0 Å². The molecule has 1 aliphatic rings. The molecular formula is C22H22N2O5S. The van der Waals surface area contributed by atoms with Crippen molar-refractivity contribution in [2.75, 3.05) is 20.3 Å². The second-order valence-corrected chi connectivity index (χ2v) is 7.26. The van der Waals surface area contributed by atoms with Crippen molar-refractivity contribution >= 4 is 40.6 Å². The van der Waals surface area contributed by atoms with Gasteiger partial charge in [0.1, 0.15) is 0 Å². The Hall–Kier alpha value is -3.26. The van der Waals surface area contributed by atoms with E-state index in [0.29, 0.717) is 40.4 Å². The zero-order valence-corrected chi connectivity index (χ0v) is 17.7. The van der Waals surface area contributed by atoms with Crippen LogP contribution in [0.15, 0.2) is 52.4 Å². The summed E-state index contributed by atoms with van der Waals surface area (Å²) in [5.41, 5.74) is 1.43. The molecule has 3 rings (SSSR count). The molecule has 0 saturated carbocycles. The second kappa shape index (κ2) is 9.49. The summed E-state index contributed by atoms with van der Waals surface area (Å²) in [6.45, 7) is 4.74. The van der Waals surface area contributed by atoms with Crippen LogP contribution in [0.25, 0.3) is 6.08 Å². The number of carboxylic acids is 1. The van der Waals surface area contributed by atoms with E-state index in [1.165, 1.54) is 23.9 Å². The number of methoxy groups -OCH3 is 1. The molecule has 30 heavy (non-hydrogen) atoms. The van der Waals surface area contributed by atoms with Gasteiger partial charge in [-0.1, -0.05) is 12.1 Å². The standard InChI is InChI=1S/C22H22N2O5S/c1-4-24-20(25)19(12-14-9-10-17(29-5-2)18(11-14)28-3)30-22(24)23-16-8-6-7-15(13-16)21(26)27/h6-13H,4-5H2,1-3H3,(H,26,27). The summed E-state index contributed by atoms with van der Waals surface area (Å²) in [5.74, 6) is 0.0599. The molecule has 1 N–H and O–H groups in total. The topological polar surface area (TPSA) is 88.4 Å². The van der Waals surface area contributed by atoms with Gasteiger partial charge in [-0.15, -0.1) is 0 Å². The summed E-state index contributed by atoms with van der Waals surface area (Å²) in [6, 6.07) is 11.8. The molecule has 0 spiro atoms. The van der Waals surface area contributed by atoms with E-state index in [-0.39, 0.29) is 11.5 Å². The van der Waals surface area contributed by atoms with Gasteiger partial charge in [0, 0.05) is 6.54 Å². The van der Waals surface area contributed by atoms with Crippen LogP contribution in [0.4, 0.5) is 5.69 Å². The lowest BCUT2D eigenvalue weighted by atomic mass is 10.2. The Bertz CT molecular complexity index is 1030. The number of aromatic carboxylic acids is 1. The number of thioether (sulfide) groups is 1. The number of hydrogen-bond donors (Lipinski definition) is 1. The maximum absolute atomic E-state index is 12.8. The molecule has 1 saturated heterocycles. The van der Waals surface area contributed by atoms with Crippen molar-refractivity contribution in [3.8, 4) is 11.5 Å². The normalized spacial score (nSPS) is 16.4. The first-order valence-electron chi connectivity index (χ1n) is 9.41. The lowest BCUT2D eigenvalue weighted by Crippen LogP contribution is -2.28. The number of amidine groups is 1. The zero-order chi connectivity index (χ0) is 21.7. The van der Waals surface area contributed by atoms with E-state index in [9.17, 15) is 9.59 Å². The van der Waals surface area contributed by atoms with Crippen LogP contribution >= 0.6 is 11.8 Å². The molecule has 1 amide bonds. The molecule has 0 atom stereocenters. The highest BCUT2D eigenvalue weighted by atomic mass is 32.2. The van der Waals surface area contributed by atoms with Crippen LogP contribution in [0.5, 0.6) is 11.5 Å². The minimum absolute atomic E-state index is 0.145. The Balaban J connectivity index is 1.92. The Morgan fingerprint density at radius 3 is 2.67 bits per heavy atom. The molecule has 7 nitrogen and oxygen atoms in total. The van der Waals surface area contributed by atoms with E-state index < -0.39 is 5.97 Å². The second-order valence-electron chi connectivity index (χ2n) is 6.25. The Labute approximate surface area is 179 Å². The van der Waals surface area contributed by atoms with E-state index in [4.69, 9.17) is 14.6 Å². The summed E-state index contributed by atoms with van der Waals surface area (Å²) in [5, 5.41) is 9.67. The van der Waals surface area contributed by atoms with E-state index in [0.717, 1.165) is 5.56 Å². The largest absolute Gasteiger partial charge is 0.493 e. The third-order valence-electron chi connectivity index (χ3n) is 4.31. The fraction of sp³-hybridized carbons (Fsp3) is 0.227. The summed E-state index contributed by atoms with van der Waals surface area (Å²) in [7, 11) is 1.57. The van der Waals surface area contributed by atoms with Gasteiger partial charge in [-0.3, -0.25) is 9.69 Å². The lowest BCUT2D eigenvalue weighted by molar-refractivity contribution is -0.122. The Morgan fingerprint density at radius 2 is 2.00 bits per heavy atom. The molecule has 1 fully saturated rings. The molecule has 156 valence electrons. The maximum atomic E-state index is 12.8. The third-order valence-corrected chi connectivity index (χ3v) is 5.31. The van der Waals surface area contributed by atoms with Gasteiger partial charge >= 0.3 is 5.97 Å². The smallest absolute Gasteiger partial charge is 0.335 e. The van der Waals surface area contributed by atoms with Gasteiger partial charge in [-0.25, -0.2) is 9.79 Å². The maximum Gasteiger partial charge on any atom is 0.335 e. The molecule has 2 aromatic carbocycles. The van der Waals surface area contributed by atoms with E-state index in [2.05, 4.69) is 4.99 Å². The number of aliphatic imine (C=N–C) groups is 1. The molecule has 0 aromatic heterocycles. The summed E-state index contributed by atoms with van der Waals surface area (Å²) >= 11 is 1.25. The van der Waals surface area contributed by atoms with Crippen LogP contribution in [0, 0.1) is 0 Å². The first-order chi connectivity index (χ1) is 14.5. The van der Waals surface area contributed by atoms with Crippen LogP contribution in [0.3, 0.4) is 0 Å². The quantitative estimate of drug-likeness (QED) is 0.660. The van der Waals surface area contributed by atoms with Crippen LogP contribution in [-0.2, 0) is 4.79 Å². The SMILES string of the molecule is CCOc1ccc(C=C2SC(=Nc3cccc(C(=O)O)c3)N(CC)C2=O)cc1OC. The first kappa shape index (κ1) is 21.4. The van der Waals surface area contributed by atoms with Crippen molar-refractivity contribution in [3.63, 3.8) is 0 Å². The minimum Gasteiger partial charge on any atom is -0.493 e. The highest BCUT2D eigenvalue weighted by molar-refractivity contribution is 8.18. The molecule has 0 radical (unpaired) electrons. The van der Waals surface area contributed by atoms with Gasteiger partial charge < -0.3 is 14.6 Å². The monoisotopic (exact) mass is 426 g/mol. The van der Waals surface area contributed by atoms with Gasteiger partial charge in [-0.2, -0.15) is 0 Å². The number of rotatable bonds is 7. The van der Waals surface area contributed by atoms with E-state index in [1.54, 1.807) is 30.2 Å². The number of carboxylic acid groups (broad SMARTS) is 1. The average Bonchev–Trinajstić information content (AvgIpc) is 3.03. The molecule has 0 bridgehead atoms. The van der Waals surface area contributed by atoms with Crippen molar-refractivity contribution < 1.29 is 24.2 Å². The van der Waals surface area contributed by atoms with Crippen LogP contribution in [0.1, 0.15) is 29.8 Å². The molecular weight excluding hydrogens is 404 g/mol. The van der Waals surface area contributed by atoms with Gasteiger partial charge in [0.2, 0.25) is 0 Å². The fourth-order valence-corrected chi connectivity index (χ4v) is 3.95. The lowest BCUT2D eigenvalue weighted by Gasteiger charge is -2.12. The summed E-state index contributed by atoms with van der Waals surface area (Å²) in [6.07, 6.45) is 1.78. The number of hydrogen-bond acceptors (Lipinski definition) is 6. The summed E-state index contributed by atoms with van der Waals surface area (Å²) < 4.78 is 10.9. The first-order valence-corrected chi connectivity index (χ1v) is 10.2. The van der Waals surface area contributed by atoms with Gasteiger partial charge in [0.25, 0.3) is 5.91 Å². The highest BCUT2D eigenvalue weighted by Crippen LogP contribution is 2.35. The van der Waals surface area contributed by atoms with Crippen molar-refractivity contribution in [2.24, 2.45) is 4.99 Å². The van der Waals surface area contributed by atoms with Crippen LogP contribution in [0.2, 0.25) is 0 Å². The van der Waals surface area contributed by atoms with Gasteiger partial charge in [0.05, 0.1) is 29.9 Å². The predicted molar refractivity (Wildman–Crippen MR) is 118 cm³/mol. The van der Waals surface area contributed by atoms with Crippen molar-refractivity contribution in [1.82, 2.24) is 4.90 Å². The Morgan fingerprint density at radius 1 is 1.20 bits per heavy atom. The number of carbonyl (C=O) groups is 2. The number of benzene rings is 2. The van der Waals surface area contributed by atoms with Crippen molar-refractivity contribution in [1.29, 1.82) is 0 Å². The summed E-state index contributed by atoms with van der Waals surface area (Å²) in [4.78, 5) is 30.6. The highest BCUT2D eigenvalue weighted by Gasteiger charge is 2.32. The zero-order valence-electron chi connectivity index (χ0n) is 16.9. The van der Waals surface area contributed by atoms with Crippen LogP contribution in [-0.4, -0.2) is 47.3 Å². The predicted octanol–water partition coefficient (Wildman–Crippen LogP) is 4.42. The number of carbonyl (C=O) groups excluding carboxylic acids is 1. The molecule has 8 heteroatoms. The Kier molecular flexibility index (Phi) is 6.79. The number of likely N-dealkylation sites (N-methyl/N-ethyl adjacent to an activating group) is 1. The number of ether oxygens (including phenoxy) is 2.